The quantitative estimate of drug-likeness (QED) is 0.218. The summed E-state index contributed by atoms with van der Waals surface area (Å²) in [5.41, 5.74) is 1.87. The van der Waals surface area contributed by atoms with E-state index in [-0.39, 0.29) is 28.4 Å². The number of aromatic amines is 2. The van der Waals surface area contributed by atoms with Gasteiger partial charge in [0.25, 0.3) is 11.1 Å². The fourth-order valence-electron chi connectivity index (χ4n) is 7.01. The van der Waals surface area contributed by atoms with Crippen LogP contribution in [0, 0.1) is 5.82 Å². The van der Waals surface area contributed by atoms with E-state index < -0.39 is 16.9 Å². The van der Waals surface area contributed by atoms with Crippen molar-refractivity contribution < 1.29 is 14.0 Å². The lowest BCUT2D eigenvalue weighted by atomic mass is 9.96. The molecule has 1 aliphatic heterocycles. The Morgan fingerprint density at radius 2 is 1.59 bits per heavy atom. The molecule has 0 radical (unpaired) electrons. The number of ketones is 1. The molecular formula is C39H46FN7O4. The number of nitrogens with one attached hydrogen (secondary N) is 3. The van der Waals surface area contributed by atoms with Crippen molar-refractivity contribution in [2.75, 3.05) is 32.7 Å². The van der Waals surface area contributed by atoms with Gasteiger partial charge in [-0.15, -0.1) is 0 Å². The molecule has 1 saturated heterocycles. The minimum atomic E-state index is -0.492. The van der Waals surface area contributed by atoms with Crippen LogP contribution in [-0.2, 0) is 6.54 Å². The number of piperazine rings is 1. The fraction of sp³-hybridized carbons (Fsp3) is 0.410. The molecule has 0 atom stereocenters. The summed E-state index contributed by atoms with van der Waals surface area (Å²) in [6, 6.07) is 12.3. The SMILES string of the molecule is CC(C)c1c(/C=c2\[nH]c(=O)/c(=C/c3cccc(C(=O)c4ccc(F)cc4)c3)[nH]c2=O)ncn1CCCN1CCN(C(=O)NC2CCCCC2)CC1. The highest BCUT2D eigenvalue weighted by atomic mass is 19.1. The van der Waals surface area contributed by atoms with Crippen molar-refractivity contribution >= 4 is 24.0 Å². The molecule has 268 valence electrons. The highest BCUT2D eigenvalue weighted by Gasteiger charge is 2.24. The third-order valence-corrected chi connectivity index (χ3v) is 9.75. The minimum Gasteiger partial charge on any atom is -0.335 e. The van der Waals surface area contributed by atoms with E-state index in [1.54, 1.807) is 36.7 Å². The van der Waals surface area contributed by atoms with E-state index in [1.807, 2.05) is 4.90 Å². The van der Waals surface area contributed by atoms with Crippen LogP contribution < -0.4 is 27.1 Å². The molecule has 2 aromatic heterocycles. The monoisotopic (exact) mass is 695 g/mol. The number of imidazole rings is 1. The molecule has 51 heavy (non-hydrogen) atoms. The summed E-state index contributed by atoms with van der Waals surface area (Å²) in [7, 11) is 0. The number of rotatable bonds is 10. The molecule has 2 aromatic carbocycles. The van der Waals surface area contributed by atoms with Crippen LogP contribution in [0.25, 0.3) is 12.2 Å². The summed E-state index contributed by atoms with van der Waals surface area (Å²) in [6.07, 6.45) is 11.6. The third kappa shape index (κ3) is 8.99. The lowest BCUT2D eigenvalue weighted by Crippen LogP contribution is -2.53. The summed E-state index contributed by atoms with van der Waals surface area (Å²) < 4.78 is 15.4. The van der Waals surface area contributed by atoms with E-state index in [2.05, 4.69) is 43.6 Å². The number of halogens is 1. The van der Waals surface area contributed by atoms with Gasteiger partial charge in [0.15, 0.2) is 5.78 Å². The summed E-state index contributed by atoms with van der Waals surface area (Å²) in [5, 5.41) is 3.37. The van der Waals surface area contributed by atoms with Crippen LogP contribution in [0.5, 0.6) is 0 Å². The standard InChI is InChI=1S/C39H46FN7O4/c1-26(2)35-32(41-25-47(35)17-7-16-45-18-20-46(21-19-45)39(51)42-31-10-4-3-5-11-31)24-34-38(50)43-33(37(49)44-34)23-27-8-6-9-29(22-27)36(48)28-12-14-30(40)15-13-28/h6,8-9,12-15,22-26,31H,3-5,7,10-11,16-21H2,1-2H3,(H,42,51)(H,43,50)(H,44,49)/b33-23-,34-24-. The Hall–Kier alpha value is -5.10. The number of carbonyl (C=O) groups is 2. The van der Waals surface area contributed by atoms with Crippen molar-refractivity contribution in [1.82, 2.24) is 34.6 Å². The molecule has 2 aliphatic rings. The number of hydrogen-bond donors (Lipinski definition) is 3. The van der Waals surface area contributed by atoms with Gasteiger partial charge in [-0.1, -0.05) is 51.3 Å². The van der Waals surface area contributed by atoms with Gasteiger partial charge in [-0.25, -0.2) is 14.2 Å². The highest BCUT2D eigenvalue weighted by molar-refractivity contribution is 6.09. The number of nitrogens with zero attached hydrogens (tertiary/aromatic N) is 4. The average Bonchev–Trinajstić information content (AvgIpc) is 3.53. The molecule has 4 aromatic rings. The van der Waals surface area contributed by atoms with Crippen LogP contribution >= 0.6 is 0 Å². The topological polar surface area (TPSA) is 136 Å². The first kappa shape index (κ1) is 35.7. The molecule has 1 saturated carbocycles. The first-order chi connectivity index (χ1) is 24.6. The third-order valence-electron chi connectivity index (χ3n) is 9.75. The zero-order chi connectivity index (χ0) is 35.9. The molecule has 3 N–H and O–H groups in total. The van der Waals surface area contributed by atoms with Crippen LogP contribution in [0.4, 0.5) is 9.18 Å². The van der Waals surface area contributed by atoms with Crippen molar-refractivity contribution in [1.29, 1.82) is 0 Å². The molecule has 11 nitrogen and oxygen atoms in total. The smallest absolute Gasteiger partial charge is 0.317 e. The molecule has 2 amide bonds. The number of urea groups is 1. The molecule has 12 heteroatoms. The van der Waals surface area contributed by atoms with Crippen LogP contribution in [0.15, 0.2) is 64.4 Å². The Morgan fingerprint density at radius 3 is 2.27 bits per heavy atom. The second kappa shape index (κ2) is 16.3. The van der Waals surface area contributed by atoms with Gasteiger partial charge in [-0.05, 0) is 79.8 Å². The maximum absolute atomic E-state index is 13.3. The number of hydrogen-bond acceptors (Lipinski definition) is 6. The molecule has 2 fully saturated rings. The zero-order valence-electron chi connectivity index (χ0n) is 29.3. The summed E-state index contributed by atoms with van der Waals surface area (Å²) in [6.45, 7) is 8.95. The number of benzene rings is 2. The van der Waals surface area contributed by atoms with Gasteiger partial charge < -0.3 is 24.8 Å². The van der Waals surface area contributed by atoms with E-state index in [9.17, 15) is 23.6 Å². The van der Waals surface area contributed by atoms with Gasteiger partial charge in [0, 0.05) is 55.6 Å². The van der Waals surface area contributed by atoms with Crippen LogP contribution in [-0.4, -0.2) is 79.9 Å². The molecule has 0 spiro atoms. The van der Waals surface area contributed by atoms with Crippen LogP contribution in [0.1, 0.15) is 91.2 Å². The van der Waals surface area contributed by atoms with Crippen molar-refractivity contribution in [3.05, 3.63) is 120 Å². The van der Waals surface area contributed by atoms with Crippen LogP contribution in [0.2, 0.25) is 0 Å². The summed E-state index contributed by atoms with van der Waals surface area (Å²) in [4.78, 5) is 66.2. The van der Waals surface area contributed by atoms with Crippen molar-refractivity contribution in [2.45, 2.75) is 70.9 Å². The number of amides is 2. The largest absolute Gasteiger partial charge is 0.335 e. The maximum atomic E-state index is 13.3. The predicted octanol–water partition coefficient (Wildman–Crippen LogP) is 3.46. The Kier molecular flexibility index (Phi) is 11.4. The van der Waals surface area contributed by atoms with Crippen molar-refractivity contribution in [2.24, 2.45) is 0 Å². The van der Waals surface area contributed by atoms with Gasteiger partial charge in [0.05, 0.1) is 12.0 Å². The van der Waals surface area contributed by atoms with Gasteiger partial charge >= 0.3 is 6.03 Å². The molecule has 0 bridgehead atoms. The Balaban J connectivity index is 1.10. The molecule has 0 unspecified atom stereocenters. The molecule has 1 aliphatic carbocycles. The van der Waals surface area contributed by atoms with Gasteiger partial charge in [0.1, 0.15) is 16.5 Å². The van der Waals surface area contributed by atoms with Gasteiger partial charge in [-0.3, -0.25) is 19.3 Å². The Morgan fingerprint density at radius 1 is 0.902 bits per heavy atom. The highest BCUT2D eigenvalue weighted by Crippen LogP contribution is 2.21. The van der Waals surface area contributed by atoms with E-state index in [0.717, 1.165) is 64.2 Å². The van der Waals surface area contributed by atoms with Crippen molar-refractivity contribution in [3.8, 4) is 0 Å². The summed E-state index contributed by atoms with van der Waals surface area (Å²) >= 11 is 0. The second-order valence-corrected chi connectivity index (χ2v) is 13.8. The van der Waals surface area contributed by atoms with E-state index >= 15 is 0 Å². The zero-order valence-corrected chi connectivity index (χ0v) is 29.3. The van der Waals surface area contributed by atoms with Gasteiger partial charge in [-0.2, -0.15) is 0 Å². The predicted molar refractivity (Wildman–Crippen MR) is 195 cm³/mol. The molecular weight excluding hydrogens is 649 g/mol. The molecule has 3 heterocycles. The van der Waals surface area contributed by atoms with E-state index in [1.165, 1.54) is 49.6 Å². The first-order valence-electron chi connectivity index (χ1n) is 17.9. The van der Waals surface area contributed by atoms with Crippen molar-refractivity contribution in [3.63, 3.8) is 0 Å². The second-order valence-electron chi connectivity index (χ2n) is 13.8. The lowest BCUT2D eigenvalue weighted by molar-refractivity contribution is 0.103. The first-order valence-corrected chi connectivity index (χ1v) is 17.9. The average molecular weight is 696 g/mol. The van der Waals surface area contributed by atoms with Gasteiger partial charge in [0.2, 0.25) is 0 Å². The van der Waals surface area contributed by atoms with Crippen LogP contribution in [0.3, 0.4) is 0 Å². The fourth-order valence-corrected chi connectivity index (χ4v) is 7.01. The van der Waals surface area contributed by atoms with E-state index in [0.29, 0.717) is 28.4 Å². The Labute approximate surface area is 295 Å². The Bertz CT molecular complexity index is 2090. The molecule has 6 rings (SSSR count). The minimum absolute atomic E-state index is 0.0452. The number of H-pyrrole nitrogens is 2. The number of carbonyl (C=O) groups excluding carboxylic acids is 2. The number of aryl methyl sites for hydroxylation is 1. The number of aromatic nitrogens is 4. The summed E-state index contributed by atoms with van der Waals surface area (Å²) in [5.74, 6) is -0.597. The normalized spacial score (nSPS) is 16.6. The lowest BCUT2D eigenvalue weighted by Gasteiger charge is -2.36. The maximum Gasteiger partial charge on any atom is 0.317 e. The van der Waals surface area contributed by atoms with E-state index in [4.69, 9.17) is 0 Å².